The molecule has 2 N–H and O–H groups in total. The van der Waals surface area contributed by atoms with Crippen molar-refractivity contribution in [1.82, 2.24) is 5.32 Å². The summed E-state index contributed by atoms with van der Waals surface area (Å²) in [6.07, 6.45) is 4.33. The number of fused-ring (bicyclic) bond motifs is 1. The molecule has 2 aromatic carbocycles. The van der Waals surface area contributed by atoms with Crippen molar-refractivity contribution < 1.29 is 9.84 Å². The first-order valence-electron chi connectivity index (χ1n) is 9.37. The van der Waals surface area contributed by atoms with E-state index < -0.39 is 5.60 Å². The number of nitriles is 1. The van der Waals surface area contributed by atoms with E-state index in [1.165, 1.54) is 0 Å². The number of hydrogen-bond acceptors (Lipinski definition) is 4. The standard InChI is InChI=1S/C22H24N2O2/c23-14-16-6-11-21-17(12-16)13-22(26-21,18-4-2-1-3-5-18)15-24-19-7-9-20(25)10-8-19/h1-6,11-12,19-20,24-25H,7-10,13,15H2. The molecular formula is C22H24N2O2. The molecule has 1 atom stereocenters. The lowest BCUT2D eigenvalue weighted by Gasteiger charge is -2.34. The van der Waals surface area contributed by atoms with Gasteiger partial charge in [0.25, 0.3) is 0 Å². The van der Waals surface area contributed by atoms with E-state index in [0.29, 0.717) is 18.2 Å². The first-order valence-corrected chi connectivity index (χ1v) is 9.37. The van der Waals surface area contributed by atoms with Crippen LogP contribution in [0.1, 0.15) is 42.4 Å². The Kier molecular flexibility index (Phi) is 4.67. The maximum absolute atomic E-state index is 9.72. The second-order valence-corrected chi connectivity index (χ2v) is 7.46. The summed E-state index contributed by atoms with van der Waals surface area (Å²) in [5, 5.41) is 22.6. The molecule has 4 nitrogen and oxygen atoms in total. The van der Waals surface area contributed by atoms with Gasteiger partial charge in [0.2, 0.25) is 0 Å². The summed E-state index contributed by atoms with van der Waals surface area (Å²) < 4.78 is 6.47. The minimum Gasteiger partial charge on any atom is -0.481 e. The molecule has 1 heterocycles. The molecule has 0 aromatic heterocycles. The third-order valence-electron chi connectivity index (χ3n) is 5.64. The molecule has 26 heavy (non-hydrogen) atoms. The number of nitrogens with zero attached hydrogens (tertiary/aromatic N) is 1. The van der Waals surface area contributed by atoms with Crippen LogP contribution in [0.3, 0.4) is 0 Å². The van der Waals surface area contributed by atoms with Crippen LogP contribution in [0.15, 0.2) is 48.5 Å². The highest BCUT2D eigenvalue weighted by atomic mass is 16.5. The van der Waals surface area contributed by atoms with Crippen LogP contribution in [0.4, 0.5) is 0 Å². The number of aliphatic hydroxyl groups excluding tert-OH is 1. The highest BCUT2D eigenvalue weighted by molar-refractivity contribution is 5.47. The summed E-state index contributed by atoms with van der Waals surface area (Å²) in [6.45, 7) is 0.717. The molecule has 1 fully saturated rings. The van der Waals surface area contributed by atoms with Crippen molar-refractivity contribution in [2.24, 2.45) is 0 Å². The molecule has 134 valence electrons. The van der Waals surface area contributed by atoms with Gasteiger partial charge in [-0.15, -0.1) is 0 Å². The van der Waals surface area contributed by atoms with Crippen LogP contribution >= 0.6 is 0 Å². The second kappa shape index (κ2) is 7.11. The van der Waals surface area contributed by atoms with Crippen LogP contribution in [0, 0.1) is 11.3 Å². The summed E-state index contributed by atoms with van der Waals surface area (Å²) in [5.41, 5.74) is 2.46. The molecule has 0 radical (unpaired) electrons. The van der Waals surface area contributed by atoms with E-state index in [9.17, 15) is 10.4 Å². The van der Waals surface area contributed by atoms with Gasteiger partial charge in [-0.3, -0.25) is 0 Å². The normalized spacial score (nSPS) is 27.4. The zero-order valence-electron chi connectivity index (χ0n) is 14.8. The van der Waals surface area contributed by atoms with Crippen LogP contribution in [0.2, 0.25) is 0 Å². The summed E-state index contributed by atoms with van der Waals surface area (Å²) >= 11 is 0. The van der Waals surface area contributed by atoms with Crippen LogP contribution in [0.5, 0.6) is 5.75 Å². The van der Waals surface area contributed by atoms with Crippen molar-refractivity contribution in [2.45, 2.75) is 49.9 Å². The third-order valence-corrected chi connectivity index (χ3v) is 5.64. The Hall–Kier alpha value is -2.35. The van der Waals surface area contributed by atoms with E-state index in [1.807, 2.05) is 36.4 Å². The summed E-state index contributed by atoms with van der Waals surface area (Å²) in [6, 6.07) is 18.6. The lowest BCUT2D eigenvalue weighted by atomic mass is 9.87. The summed E-state index contributed by atoms with van der Waals surface area (Å²) in [7, 11) is 0. The van der Waals surface area contributed by atoms with Gasteiger partial charge in [-0.2, -0.15) is 5.26 Å². The molecule has 0 saturated heterocycles. The smallest absolute Gasteiger partial charge is 0.150 e. The van der Waals surface area contributed by atoms with Gasteiger partial charge in [-0.05, 0) is 55.0 Å². The Morgan fingerprint density at radius 3 is 2.62 bits per heavy atom. The van der Waals surface area contributed by atoms with E-state index in [1.54, 1.807) is 0 Å². The fraction of sp³-hybridized carbons (Fsp3) is 0.409. The fourth-order valence-electron chi connectivity index (χ4n) is 4.13. The minimum absolute atomic E-state index is 0.146. The molecule has 2 aromatic rings. The van der Waals surface area contributed by atoms with Crippen LogP contribution in [-0.2, 0) is 12.0 Å². The monoisotopic (exact) mass is 348 g/mol. The highest BCUT2D eigenvalue weighted by Gasteiger charge is 2.41. The SMILES string of the molecule is N#Cc1ccc2c(c1)CC(CNC1CCC(O)CC1)(c1ccccc1)O2. The lowest BCUT2D eigenvalue weighted by Crippen LogP contribution is -2.46. The molecule has 0 amide bonds. The van der Waals surface area contributed by atoms with E-state index in [4.69, 9.17) is 4.74 Å². The number of rotatable bonds is 4. The summed E-state index contributed by atoms with van der Waals surface area (Å²) in [4.78, 5) is 0. The zero-order valence-corrected chi connectivity index (χ0v) is 14.8. The Bertz CT molecular complexity index is 807. The van der Waals surface area contributed by atoms with Crippen molar-refractivity contribution in [3.63, 3.8) is 0 Å². The molecule has 4 rings (SSSR count). The molecule has 2 aliphatic rings. The first kappa shape index (κ1) is 17.1. The number of hydrogen-bond donors (Lipinski definition) is 2. The van der Waals surface area contributed by atoms with E-state index in [2.05, 4.69) is 23.5 Å². The average Bonchev–Trinajstić information content (AvgIpc) is 3.07. The first-order chi connectivity index (χ1) is 12.7. The van der Waals surface area contributed by atoms with Crippen molar-refractivity contribution in [2.75, 3.05) is 6.54 Å². The maximum atomic E-state index is 9.72. The molecule has 4 heteroatoms. The Morgan fingerprint density at radius 1 is 1.12 bits per heavy atom. The average molecular weight is 348 g/mol. The van der Waals surface area contributed by atoms with Gasteiger partial charge in [0.05, 0.1) is 17.7 Å². The van der Waals surface area contributed by atoms with Crippen LogP contribution < -0.4 is 10.1 Å². The van der Waals surface area contributed by atoms with Crippen molar-refractivity contribution in [3.8, 4) is 11.8 Å². The Morgan fingerprint density at radius 2 is 1.88 bits per heavy atom. The fourth-order valence-corrected chi connectivity index (χ4v) is 4.13. The molecule has 0 spiro atoms. The molecule has 1 aliphatic heterocycles. The van der Waals surface area contributed by atoms with Gasteiger partial charge in [0.15, 0.2) is 5.60 Å². The predicted octanol–water partition coefficient (Wildman–Crippen LogP) is 3.28. The number of benzene rings is 2. The molecule has 1 aliphatic carbocycles. The van der Waals surface area contributed by atoms with E-state index in [0.717, 1.165) is 49.0 Å². The van der Waals surface area contributed by atoms with Crippen LogP contribution in [0.25, 0.3) is 0 Å². The van der Waals surface area contributed by atoms with Gasteiger partial charge >= 0.3 is 0 Å². The van der Waals surface area contributed by atoms with Crippen LogP contribution in [-0.4, -0.2) is 23.8 Å². The quantitative estimate of drug-likeness (QED) is 0.890. The number of aliphatic hydroxyl groups is 1. The number of nitrogens with one attached hydrogen (secondary N) is 1. The number of ether oxygens (including phenoxy) is 1. The lowest BCUT2D eigenvalue weighted by molar-refractivity contribution is 0.0762. The molecule has 1 unspecified atom stereocenters. The van der Waals surface area contributed by atoms with E-state index in [-0.39, 0.29) is 6.10 Å². The minimum atomic E-state index is -0.451. The molecular weight excluding hydrogens is 324 g/mol. The highest BCUT2D eigenvalue weighted by Crippen LogP contribution is 2.41. The molecule has 1 saturated carbocycles. The molecule has 0 bridgehead atoms. The largest absolute Gasteiger partial charge is 0.481 e. The Labute approximate surface area is 154 Å². The van der Waals surface area contributed by atoms with Gasteiger partial charge in [-0.1, -0.05) is 30.3 Å². The van der Waals surface area contributed by atoms with Crippen molar-refractivity contribution in [1.29, 1.82) is 5.26 Å². The summed E-state index contributed by atoms with van der Waals surface area (Å²) in [5.74, 6) is 0.869. The second-order valence-electron chi connectivity index (χ2n) is 7.46. The third kappa shape index (κ3) is 3.33. The van der Waals surface area contributed by atoms with Gasteiger partial charge in [0.1, 0.15) is 5.75 Å². The van der Waals surface area contributed by atoms with Crippen molar-refractivity contribution in [3.05, 3.63) is 65.2 Å². The predicted molar refractivity (Wildman–Crippen MR) is 99.9 cm³/mol. The van der Waals surface area contributed by atoms with Gasteiger partial charge in [-0.25, -0.2) is 0 Å². The van der Waals surface area contributed by atoms with Gasteiger partial charge in [0, 0.05) is 19.0 Å². The topological polar surface area (TPSA) is 65.3 Å². The van der Waals surface area contributed by atoms with E-state index >= 15 is 0 Å². The Balaban J connectivity index is 1.57. The zero-order chi connectivity index (χ0) is 18.0. The van der Waals surface area contributed by atoms with Gasteiger partial charge < -0.3 is 15.2 Å². The maximum Gasteiger partial charge on any atom is 0.150 e. The van der Waals surface area contributed by atoms with Crippen molar-refractivity contribution >= 4 is 0 Å².